The molecule has 33 heavy (non-hydrogen) atoms. The van der Waals surface area contributed by atoms with Crippen LogP contribution >= 0.6 is 0 Å². The highest BCUT2D eigenvalue weighted by Gasteiger charge is 2.29. The van der Waals surface area contributed by atoms with E-state index in [-0.39, 0.29) is 11.8 Å². The average Bonchev–Trinajstić information content (AvgIpc) is 3.63. The van der Waals surface area contributed by atoms with Crippen molar-refractivity contribution in [2.75, 3.05) is 24.4 Å². The number of methoxy groups -OCH3 is 1. The first-order chi connectivity index (χ1) is 16.2. The molecule has 5 rings (SSSR count). The monoisotopic (exact) mass is 446 g/mol. The van der Waals surface area contributed by atoms with Gasteiger partial charge in [-0.1, -0.05) is 12.1 Å². The zero-order valence-corrected chi connectivity index (χ0v) is 18.5. The molecule has 2 aromatic carbocycles. The summed E-state index contributed by atoms with van der Waals surface area (Å²) in [6, 6.07) is 15.2. The van der Waals surface area contributed by atoms with E-state index in [2.05, 4.69) is 30.8 Å². The maximum atomic E-state index is 11.4. The van der Waals surface area contributed by atoms with E-state index in [0.717, 1.165) is 41.0 Å². The fourth-order valence-corrected chi connectivity index (χ4v) is 3.11. The zero-order valence-electron chi connectivity index (χ0n) is 18.5. The Hall–Kier alpha value is -4.14. The first kappa shape index (κ1) is 22.1. The number of ether oxygens (including phenoxy) is 2. The molecule has 0 bridgehead atoms. The summed E-state index contributed by atoms with van der Waals surface area (Å²) < 4.78 is 10.5. The molecule has 170 valence electrons. The van der Waals surface area contributed by atoms with Crippen molar-refractivity contribution >= 4 is 34.1 Å². The predicted molar refractivity (Wildman–Crippen MR) is 127 cm³/mol. The van der Waals surface area contributed by atoms with E-state index in [4.69, 9.17) is 9.47 Å². The number of benzene rings is 2. The molecule has 0 spiro atoms. The number of anilines is 3. The quantitative estimate of drug-likeness (QED) is 0.382. The molecule has 2 aromatic heterocycles. The second-order valence-electron chi connectivity index (χ2n) is 7.40. The number of hydrogen-bond donors (Lipinski definition) is 3. The Balaban J connectivity index is 0.000000165. The molecule has 0 radical (unpaired) electrons. The molecule has 9 heteroatoms. The number of nitrogens with zero attached hydrogens (tertiary/aromatic N) is 3. The first-order valence-electron chi connectivity index (χ1n) is 10.8. The molecule has 9 nitrogen and oxygen atoms in total. The summed E-state index contributed by atoms with van der Waals surface area (Å²) in [7, 11) is 1.62. The van der Waals surface area contributed by atoms with Crippen molar-refractivity contribution in [3.8, 4) is 11.5 Å². The predicted octanol–water partition coefficient (Wildman–Crippen LogP) is 4.54. The molecule has 3 N–H and O–H groups in total. The van der Waals surface area contributed by atoms with Gasteiger partial charge < -0.3 is 20.1 Å². The average molecular weight is 447 g/mol. The molecule has 1 aliphatic rings. The SMILES string of the molecule is CCOc1cncnc1Nc1n[nH]c2ccccc12.COc1ccc(NC(=O)C2CC2)cc1. The van der Waals surface area contributed by atoms with Crippen LogP contribution in [0.4, 0.5) is 17.3 Å². The van der Waals surface area contributed by atoms with Crippen LogP contribution in [0.25, 0.3) is 10.9 Å². The normalized spacial score (nSPS) is 12.4. The highest BCUT2D eigenvalue weighted by atomic mass is 16.5. The lowest BCUT2D eigenvalue weighted by atomic mass is 10.2. The van der Waals surface area contributed by atoms with Crippen molar-refractivity contribution in [2.45, 2.75) is 19.8 Å². The van der Waals surface area contributed by atoms with Gasteiger partial charge in [-0.3, -0.25) is 9.89 Å². The van der Waals surface area contributed by atoms with Gasteiger partial charge >= 0.3 is 0 Å². The lowest BCUT2D eigenvalue weighted by molar-refractivity contribution is -0.117. The topological polar surface area (TPSA) is 114 Å². The Kier molecular flexibility index (Phi) is 6.99. The first-order valence-corrected chi connectivity index (χ1v) is 10.8. The largest absolute Gasteiger partial charge is 0.497 e. The second-order valence-corrected chi connectivity index (χ2v) is 7.40. The van der Waals surface area contributed by atoms with Crippen molar-refractivity contribution in [1.82, 2.24) is 20.2 Å². The number of aromatic nitrogens is 4. The minimum absolute atomic E-state index is 0.134. The van der Waals surface area contributed by atoms with Gasteiger partial charge in [0, 0.05) is 17.0 Å². The number of carbonyl (C=O) groups excluding carboxylic acids is 1. The third-order valence-corrected chi connectivity index (χ3v) is 4.99. The summed E-state index contributed by atoms with van der Waals surface area (Å²) in [5.74, 6) is 3.11. The number of aromatic amines is 1. The van der Waals surface area contributed by atoms with Crippen molar-refractivity contribution in [2.24, 2.45) is 5.92 Å². The van der Waals surface area contributed by atoms with E-state index in [9.17, 15) is 4.79 Å². The number of fused-ring (bicyclic) bond motifs is 1. The van der Waals surface area contributed by atoms with Crippen LogP contribution in [0.2, 0.25) is 0 Å². The molecule has 0 aliphatic heterocycles. The van der Waals surface area contributed by atoms with Crippen LogP contribution in [0.1, 0.15) is 19.8 Å². The Morgan fingerprint density at radius 1 is 1.12 bits per heavy atom. The molecule has 2 heterocycles. The molecule has 1 saturated carbocycles. The molecule has 0 saturated heterocycles. The summed E-state index contributed by atoms with van der Waals surface area (Å²) in [4.78, 5) is 19.5. The summed E-state index contributed by atoms with van der Waals surface area (Å²) in [5, 5.41) is 14.2. The van der Waals surface area contributed by atoms with E-state index >= 15 is 0 Å². The highest BCUT2D eigenvalue weighted by Crippen LogP contribution is 2.30. The fourth-order valence-electron chi connectivity index (χ4n) is 3.11. The maximum Gasteiger partial charge on any atom is 0.227 e. The lowest BCUT2D eigenvalue weighted by Crippen LogP contribution is -2.12. The molecule has 1 fully saturated rings. The molecule has 4 aromatic rings. The van der Waals surface area contributed by atoms with Gasteiger partial charge in [-0.15, -0.1) is 0 Å². The number of carbonyl (C=O) groups is 1. The molecule has 0 atom stereocenters. The Morgan fingerprint density at radius 2 is 1.91 bits per heavy atom. The summed E-state index contributed by atoms with van der Waals surface area (Å²) in [6.07, 6.45) is 5.16. The number of rotatable bonds is 7. The van der Waals surface area contributed by atoms with Gasteiger partial charge in [0.25, 0.3) is 0 Å². The van der Waals surface area contributed by atoms with Crippen molar-refractivity contribution in [3.05, 3.63) is 61.1 Å². The third kappa shape index (κ3) is 5.76. The molecule has 1 amide bonds. The Bertz CT molecular complexity index is 1200. The molecule has 0 unspecified atom stereocenters. The lowest BCUT2D eigenvalue weighted by Gasteiger charge is -2.08. The van der Waals surface area contributed by atoms with Crippen LogP contribution in [0.5, 0.6) is 11.5 Å². The van der Waals surface area contributed by atoms with Crippen molar-refractivity contribution < 1.29 is 14.3 Å². The highest BCUT2D eigenvalue weighted by molar-refractivity contribution is 5.94. The van der Waals surface area contributed by atoms with Gasteiger partial charge in [0.05, 0.1) is 25.4 Å². The van der Waals surface area contributed by atoms with Crippen molar-refractivity contribution in [1.29, 1.82) is 0 Å². The van der Waals surface area contributed by atoms with E-state index in [0.29, 0.717) is 18.2 Å². The van der Waals surface area contributed by atoms with Crippen LogP contribution in [-0.2, 0) is 4.79 Å². The minimum atomic E-state index is 0.134. The molecule has 1 aliphatic carbocycles. The summed E-state index contributed by atoms with van der Waals surface area (Å²) in [5.41, 5.74) is 1.81. The van der Waals surface area contributed by atoms with E-state index < -0.39 is 0 Å². The fraction of sp³-hybridized carbons (Fsp3) is 0.250. The van der Waals surface area contributed by atoms with Gasteiger partial charge in [0.2, 0.25) is 5.91 Å². The second kappa shape index (κ2) is 10.4. The maximum absolute atomic E-state index is 11.4. The number of nitrogens with one attached hydrogen (secondary N) is 3. The van der Waals surface area contributed by atoms with Crippen LogP contribution < -0.4 is 20.1 Å². The van der Waals surface area contributed by atoms with Crippen LogP contribution in [0.15, 0.2) is 61.1 Å². The standard InChI is InChI=1S/C13H13N5O.C11H13NO2/c1-2-19-11-7-14-8-15-13(11)16-12-9-5-3-4-6-10(9)17-18-12;1-14-10-6-4-9(5-7-10)12-11(13)8-2-3-8/h3-8H,2H2,1H3,(H2,14,15,16,17,18);4-8H,2-3H2,1H3,(H,12,13). The zero-order chi connectivity index (χ0) is 23.0. The Labute approximate surface area is 191 Å². The minimum Gasteiger partial charge on any atom is -0.497 e. The smallest absolute Gasteiger partial charge is 0.227 e. The molecular formula is C24H26N6O3. The van der Waals surface area contributed by atoms with Gasteiger partial charge in [-0.25, -0.2) is 9.97 Å². The molecular weight excluding hydrogens is 420 g/mol. The van der Waals surface area contributed by atoms with E-state index in [1.54, 1.807) is 13.3 Å². The number of para-hydroxylation sites is 1. The van der Waals surface area contributed by atoms with Gasteiger partial charge in [0.15, 0.2) is 17.4 Å². The summed E-state index contributed by atoms with van der Waals surface area (Å²) >= 11 is 0. The van der Waals surface area contributed by atoms with Crippen LogP contribution in [-0.4, -0.2) is 39.8 Å². The number of amides is 1. The number of hydrogen-bond acceptors (Lipinski definition) is 7. The van der Waals surface area contributed by atoms with Crippen LogP contribution in [0, 0.1) is 5.92 Å². The number of H-pyrrole nitrogens is 1. The third-order valence-electron chi connectivity index (χ3n) is 4.99. The van der Waals surface area contributed by atoms with Crippen molar-refractivity contribution in [3.63, 3.8) is 0 Å². The van der Waals surface area contributed by atoms with Gasteiger partial charge in [-0.2, -0.15) is 5.10 Å². The van der Waals surface area contributed by atoms with E-state index in [1.807, 2.05) is 55.5 Å². The summed E-state index contributed by atoms with van der Waals surface area (Å²) in [6.45, 7) is 2.48. The van der Waals surface area contributed by atoms with Crippen LogP contribution in [0.3, 0.4) is 0 Å². The van der Waals surface area contributed by atoms with Gasteiger partial charge in [0.1, 0.15) is 12.1 Å². The van der Waals surface area contributed by atoms with E-state index in [1.165, 1.54) is 6.33 Å². The Morgan fingerprint density at radius 3 is 2.64 bits per heavy atom. The van der Waals surface area contributed by atoms with Gasteiger partial charge in [-0.05, 0) is 56.2 Å².